The fraction of sp³-hybridized carbons (Fsp3) is 0.474. The summed E-state index contributed by atoms with van der Waals surface area (Å²) in [6.07, 6.45) is 4.01. The third-order valence-electron chi connectivity index (χ3n) is 4.88. The highest BCUT2D eigenvalue weighted by Crippen LogP contribution is 2.33. The number of benzene rings is 1. The number of methoxy groups -OCH3 is 1. The molecular weight excluding hydrogens is 368 g/mol. The molecule has 7 nitrogen and oxygen atoms in total. The summed E-state index contributed by atoms with van der Waals surface area (Å²) in [4.78, 5) is 25.1. The van der Waals surface area contributed by atoms with Gasteiger partial charge in [-0.25, -0.2) is 17.9 Å². The summed E-state index contributed by atoms with van der Waals surface area (Å²) in [6.45, 7) is 5.66. The molecule has 0 spiro atoms. The zero-order chi connectivity index (χ0) is 20.1. The Morgan fingerprint density at radius 2 is 2.00 bits per heavy atom. The molecule has 0 atom stereocenters. The number of amides is 1. The molecule has 2 N–H and O–H groups in total. The average Bonchev–Trinajstić information content (AvgIpc) is 2.67. The molecule has 1 aliphatic rings. The molecule has 1 saturated carbocycles. The maximum absolute atomic E-state index is 12.8. The first-order chi connectivity index (χ1) is 12.7. The third kappa shape index (κ3) is 4.95. The summed E-state index contributed by atoms with van der Waals surface area (Å²) in [5.74, 6) is -0.501. The first-order valence-electron chi connectivity index (χ1n) is 8.85. The van der Waals surface area contributed by atoms with E-state index in [0.717, 1.165) is 12.8 Å². The summed E-state index contributed by atoms with van der Waals surface area (Å²) in [7, 11) is -2.45. The highest BCUT2D eigenvalue weighted by Gasteiger charge is 2.43. The Labute approximate surface area is 160 Å². The van der Waals surface area contributed by atoms with Crippen LogP contribution in [-0.2, 0) is 19.6 Å². The van der Waals surface area contributed by atoms with E-state index in [4.69, 9.17) is 4.74 Å². The normalized spacial score (nSPS) is 22.7. The van der Waals surface area contributed by atoms with Crippen molar-refractivity contribution < 1.29 is 22.7 Å². The van der Waals surface area contributed by atoms with E-state index >= 15 is 0 Å². The van der Waals surface area contributed by atoms with Crippen LogP contribution in [0, 0.1) is 5.92 Å². The monoisotopic (exact) mass is 394 g/mol. The van der Waals surface area contributed by atoms with E-state index < -0.39 is 27.4 Å². The molecule has 0 radical (unpaired) electrons. The van der Waals surface area contributed by atoms with E-state index in [0.29, 0.717) is 18.8 Å². The number of hydrogen-bond acceptors (Lipinski definition) is 5. The van der Waals surface area contributed by atoms with E-state index in [2.05, 4.69) is 23.5 Å². The number of carbonyl (C=O) groups excluding carboxylic acids is 2. The highest BCUT2D eigenvalue weighted by atomic mass is 32.2. The van der Waals surface area contributed by atoms with Crippen LogP contribution < -0.4 is 10.0 Å². The molecular formula is C19H26N2O5S. The maximum Gasteiger partial charge on any atom is 0.331 e. The van der Waals surface area contributed by atoms with Gasteiger partial charge in [0, 0.05) is 12.1 Å². The van der Waals surface area contributed by atoms with E-state index in [1.54, 1.807) is 0 Å². The second kappa shape index (κ2) is 8.67. The molecule has 0 saturated heterocycles. The fourth-order valence-corrected chi connectivity index (χ4v) is 4.22. The number of nitrogens with one attached hydrogen (secondary N) is 2. The third-order valence-corrected chi connectivity index (χ3v) is 6.30. The predicted molar refractivity (Wildman–Crippen MR) is 102 cm³/mol. The van der Waals surface area contributed by atoms with Crippen LogP contribution in [0.3, 0.4) is 0 Å². The van der Waals surface area contributed by atoms with Gasteiger partial charge in [-0.3, -0.25) is 4.79 Å². The molecule has 0 unspecified atom stereocenters. The molecule has 27 heavy (non-hydrogen) atoms. The standard InChI is InChI=1S/C19H26N2O5S/c1-4-12-20-27(24,25)16-7-5-6-15(13-16)17(22)21-19(18(23)26-3)10-8-14(2)9-11-19/h4-7,13-14,20H,1,8-12H2,2-3H3,(H,21,22). The van der Waals surface area contributed by atoms with Gasteiger partial charge in [-0.2, -0.15) is 0 Å². The van der Waals surface area contributed by atoms with Crippen molar-refractivity contribution >= 4 is 21.9 Å². The largest absolute Gasteiger partial charge is 0.467 e. The van der Waals surface area contributed by atoms with Crippen molar-refractivity contribution in [1.82, 2.24) is 10.0 Å². The van der Waals surface area contributed by atoms with Crippen LogP contribution in [0.2, 0.25) is 0 Å². The van der Waals surface area contributed by atoms with Crippen LogP contribution in [0.15, 0.2) is 41.8 Å². The molecule has 0 aliphatic heterocycles. The van der Waals surface area contributed by atoms with Crippen molar-refractivity contribution in [3.05, 3.63) is 42.5 Å². The molecule has 1 aliphatic carbocycles. The Hall–Kier alpha value is -2.19. The van der Waals surface area contributed by atoms with Crippen LogP contribution in [-0.4, -0.2) is 39.5 Å². The molecule has 0 bridgehead atoms. The Kier molecular flexibility index (Phi) is 6.78. The molecule has 1 aromatic carbocycles. The van der Waals surface area contributed by atoms with Gasteiger partial charge < -0.3 is 10.1 Å². The second-order valence-electron chi connectivity index (χ2n) is 6.88. The lowest BCUT2D eigenvalue weighted by Gasteiger charge is -2.37. The van der Waals surface area contributed by atoms with Crippen LogP contribution in [0.25, 0.3) is 0 Å². The SMILES string of the molecule is C=CCNS(=O)(=O)c1cccc(C(=O)NC2(C(=O)OC)CCC(C)CC2)c1. The van der Waals surface area contributed by atoms with E-state index in [9.17, 15) is 18.0 Å². The van der Waals surface area contributed by atoms with Crippen molar-refractivity contribution in [1.29, 1.82) is 0 Å². The average molecular weight is 394 g/mol. The molecule has 0 heterocycles. The minimum atomic E-state index is -3.75. The van der Waals surface area contributed by atoms with E-state index in [-0.39, 0.29) is 17.0 Å². The van der Waals surface area contributed by atoms with Crippen LogP contribution >= 0.6 is 0 Å². The van der Waals surface area contributed by atoms with Gasteiger partial charge in [-0.05, 0) is 49.8 Å². The maximum atomic E-state index is 12.8. The number of carbonyl (C=O) groups is 2. The fourth-order valence-electron chi connectivity index (χ4n) is 3.18. The first-order valence-corrected chi connectivity index (χ1v) is 10.3. The minimum absolute atomic E-state index is 0.0265. The van der Waals surface area contributed by atoms with Gasteiger partial charge in [0.1, 0.15) is 5.54 Å². The highest BCUT2D eigenvalue weighted by molar-refractivity contribution is 7.89. The molecule has 0 aromatic heterocycles. The van der Waals surface area contributed by atoms with Gasteiger partial charge in [0.25, 0.3) is 5.91 Å². The lowest BCUT2D eigenvalue weighted by atomic mass is 9.77. The summed E-state index contributed by atoms with van der Waals surface area (Å²) in [6, 6.07) is 5.70. The summed E-state index contributed by atoms with van der Waals surface area (Å²) >= 11 is 0. The Morgan fingerprint density at radius 1 is 1.33 bits per heavy atom. The van der Waals surface area contributed by atoms with Crippen LogP contribution in [0.4, 0.5) is 0 Å². The topological polar surface area (TPSA) is 102 Å². The van der Waals surface area contributed by atoms with Crippen molar-refractivity contribution in [3.8, 4) is 0 Å². The predicted octanol–water partition coefficient (Wildman–Crippen LogP) is 2.00. The molecule has 148 valence electrons. The van der Waals surface area contributed by atoms with Gasteiger partial charge in [0.15, 0.2) is 0 Å². The molecule has 1 fully saturated rings. The molecule has 1 aromatic rings. The number of sulfonamides is 1. The zero-order valence-electron chi connectivity index (χ0n) is 15.7. The molecule has 8 heteroatoms. The van der Waals surface area contributed by atoms with Crippen molar-refractivity contribution in [2.45, 2.75) is 43.0 Å². The van der Waals surface area contributed by atoms with Gasteiger partial charge in [-0.1, -0.05) is 19.1 Å². The number of rotatable bonds is 7. The first kappa shape index (κ1) is 21.1. The van der Waals surface area contributed by atoms with Crippen LogP contribution in [0.1, 0.15) is 43.0 Å². The quantitative estimate of drug-likeness (QED) is 0.544. The van der Waals surface area contributed by atoms with Crippen molar-refractivity contribution in [3.63, 3.8) is 0 Å². The Balaban J connectivity index is 2.25. The van der Waals surface area contributed by atoms with Gasteiger partial charge in [0.2, 0.25) is 10.0 Å². The van der Waals surface area contributed by atoms with E-state index in [1.165, 1.54) is 37.5 Å². The van der Waals surface area contributed by atoms with Gasteiger partial charge >= 0.3 is 5.97 Å². The Bertz CT molecular complexity index is 811. The lowest BCUT2D eigenvalue weighted by molar-refractivity contribution is -0.150. The number of ether oxygens (including phenoxy) is 1. The van der Waals surface area contributed by atoms with Gasteiger partial charge in [-0.15, -0.1) is 6.58 Å². The zero-order valence-corrected chi connectivity index (χ0v) is 16.5. The van der Waals surface area contributed by atoms with Crippen molar-refractivity contribution in [2.75, 3.05) is 13.7 Å². The second-order valence-corrected chi connectivity index (χ2v) is 8.65. The number of esters is 1. The number of hydrogen-bond donors (Lipinski definition) is 2. The molecule has 1 amide bonds. The van der Waals surface area contributed by atoms with Crippen LogP contribution in [0.5, 0.6) is 0 Å². The lowest BCUT2D eigenvalue weighted by Crippen LogP contribution is -2.56. The smallest absolute Gasteiger partial charge is 0.331 e. The Morgan fingerprint density at radius 3 is 2.59 bits per heavy atom. The summed E-state index contributed by atoms with van der Waals surface area (Å²) < 4.78 is 31.8. The van der Waals surface area contributed by atoms with Crippen molar-refractivity contribution in [2.24, 2.45) is 5.92 Å². The van der Waals surface area contributed by atoms with Gasteiger partial charge in [0.05, 0.1) is 12.0 Å². The molecule has 2 rings (SSSR count). The summed E-state index contributed by atoms with van der Waals surface area (Å²) in [5, 5.41) is 2.80. The summed E-state index contributed by atoms with van der Waals surface area (Å²) in [5.41, 5.74) is -0.910. The van der Waals surface area contributed by atoms with E-state index in [1.807, 2.05) is 0 Å². The minimum Gasteiger partial charge on any atom is -0.467 e.